The van der Waals surface area contributed by atoms with Crippen LogP contribution in [-0.4, -0.2) is 16.9 Å². The number of hydrogen-bond donors (Lipinski definition) is 0. The van der Waals surface area contributed by atoms with Crippen LogP contribution < -0.4 is 5.43 Å². The molecule has 21 heavy (non-hydrogen) atoms. The zero-order valence-corrected chi connectivity index (χ0v) is 11.4. The van der Waals surface area contributed by atoms with Crippen LogP contribution in [0.25, 0.3) is 5.69 Å². The highest BCUT2D eigenvalue weighted by atomic mass is 19.4. The normalized spacial score (nSPS) is 11.7. The summed E-state index contributed by atoms with van der Waals surface area (Å²) in [6.45, 7) is 1.58. The van der Waals surface area contributed by atoms with Crippen molar-refractivity contribution in [1.29, 1.82) is 0 Å². The zero-order valence-electron chi connectivity index (χ0n) is 11.4. The standard InChI is InChI=1S/C14H13F3N2O2/c1-9-13(20)10(8-21-2)7-19(18-9)12-5-3-4-11(6-12)14(15,16)17/h3-7H,8H2,1-2H3. The van der Waals surface area contributed by atoms with Crippen molar-refractivity contribution >= 4 is 0 Å². The average molecular weight is 298 g/mol. The second-order valence-electron chi connectivity index (χ2n) is 4.49. The number of benzene rings is 1. The highest BCUT2D eigenvalue weighted by Crippen LogP contribution is 2.30. The molecule has 0 saturated heterocycles. The van der Waals surface area contributed by atoms with Crippen LogP contribution in [0.2, 0.25) is 0 Å². The molecule has 0 radical (unpaired) electrons. The fourth-order valence-electron chi connectivity index (χ4n) is 1.89. The van der Waals surface area contributed by atoms with Crippen LogP contribution in [0, 0.1) is 6.92 Å². The van der Waals surface area contributed by atoms with Crippen LogP contribution in [0.1, 0.15) is 16.8 Å². The molecule has 7 heteroatoms. The summed E-state index contributed by atoms with van der Waals surface area (Å²) in [6.07, 6.45) is -3.05. The van der Waals surface area contributed by atoms with E-state index in [-0.39, 0.29) is 23.4 Å². The highest BCUT2D eigenvalue weighted by molar-refractivity contribution is 5.37. The van der Waals surface area contributed by atoms with E-state index >= 15 is 0 Å². The van der Waals surface area contributed by atoms with Crippen molar-refractivity contribution in [2.45, 2.75) is 19.7 Å². The fraction of sp³-hybridized carbons (Fsp3) is 0.286. The highest BCUT2D eigenvalue weighted by Gasteiger charge is 2.30. The molecule has 0 aliphatic rings. The molecule has 112 valence electrons. The van der Waals surface area contributed by atoms with Gasteiger partial charge >= 0.3 is 6.18 Å². The van der Waals surface area contributed by atoms with E-state index in [1.54, 1.807) is 0 Å². The largest absolute Gasteiger partial charge is 0.416 e. The van der Waals surface area contributed by atoms with Gasteiger partial charge in [-0.25, -0.2) is 4.68 Å². The maximum atomic E-state index is 12.7. The number of alkyl halides is 3. The van der Waals surface area contributed by atoms with Crippen molar-refractivity contribution < 1.29 is 17.9 Å². The maximum Gasteiger partial charge on any atom is 0.416 e. The summed E-state index contributed by atoms with van der Waals surface area (Å²) >= 11 is 0. The number of halogens is 3. The Morgan fingerprint density at radius 3 is 2.67 bits per heavy atom. The van der Waals surface area contributed by atoms with Gasteiger partial charge in [-0.15, -0.1) is 0 Å². The molecule has 0 spiro atoms. The van der Waals surface area contributed by atoms with Gasteiger partial charge in [0.15, 0.2) is 0 Å². The molecular formula is C14H13F3N2O2. The summed E-state index contributed by atoms with van der Waals surface area (Å²) in [4.78, 5) is 11.8. The predicted octanol–water partition coefficient (Wildman–Crippen LogP) is 2.71. The molecule has 0 saturated carbocycles. The van der Waals surface area contributed by atoms with Crippen LogP contribution in [0.4, 0.5) is 13.2 Å². The van der Waals surface area contributed by atoms with Crippen molar-refractivity contribution in [2.24, 2.45) is 0 Å². The summed E-state index contributed by atoms with van der Waals surface area (Å²) < 4.78 is 44.3. The molecule has 0 unspecified atom stereocenters. The molecule has 0 aliphatic heterocycles. The first-order chi connectivity index (χ1) is 9.82. The Morgan fingerprint density at radius 2 is 2.05 bits per heavy atom. The van der Waals surface area contributed by atoms with Crippen molar-refractivity contribution in [3.8, 4) is 5.69 Å². The lowest BCUT2D eigenvalue weighted by molar-refractivity contribution is -0.137. The number of nitrogens with zero attached hydrogens (tertiary/aromatic N) is 2. The van der Waals surface area contributed by atoms with Gasteiger partial charge < -0.3 is 4.74 Å². The van der Waals surface area contributed by atoms with Crippen molar-refractivity contribution in [2.75, 3.05) is 7.11 Å². The number of ether oxygens (including phenoxy) is 1. The van der Waals surface area contributed by atoms with E-state index in [1.165, 1.54) is 37.0 Å². The smallest absolute Gasteiger partial charge is 0.380 e. The van der Waals surface area contributed by atoms with E-state index < -0.39 is 11.7 Å². The van der Waals surface area contributed by atoms with Crippen LogP contribution in [-0.2, 0) is 17.5 Å². The fourth-order valence-corrected chi connectivity index (χ4v) is 1.89. The summed E-state index contributed by atoms with van der Waals surface area (Å²) in [7, 11) is 1.43. The van der Waals surface area contributed by atoms with Gasteiger partial charge in [0, 0.05) is 18.9 Å². The number of rotatable bonds is 3. The Balaban J connectivity index is 2.54. The van der Waals surface area contributed by atoms with E-state index in [4.69, 9.17) is 4.74 Å². The lowest BCUT2D eigenvalue weighted by atomic mass is 10.2. The molecule has 2 aromatic rings. The number of hydrogen-bond acceptors (Lipinski definition) is 3. The maximum absolute atomic E-state index is 12.7. The first kappa shape index (κ1) is 15.2. The number of aryl methyl sites for hydroxylation is 1. The minimum absolute atomic E-state index is 0.0706. The Labute approximate surface area is 118 Å². The molecule has 0 aliphatic carbocycles. The molecule has 2 rings (SSSR count). The third kappa shape index (κ3) is 3.30. The minimum Gasteiger partial charge on any atom is -0.380 e. The summed E-state index contributed by atoms with van der Waals surface area (Å²) in [6, 6.07) is 4.74. The monoisotopic (exact) mass is 298 g/mol. The summed E-state index contributed by atoms with van der Waals surface area (Å²) in [5, 5.41) is 3.99. The van der Waals surface area contributed by atoms with Crippen molar-refractivity contribution in [3.05, 3.63) is 57.5 Å². The first-order valence-electron chi connectivity index (χ1n) is 6.09. The van der Waals surface area contributed by atoms with E-state index in [9.17, 15) is 18.0 Å². The van der Waals surface area contributed by atoms with Gasteiger partial charge in [-0.1, -0.05) is 6.07 Å². The quantitative estimate of drug-likeness (QED) is 0.875. The van der Waals surface area contributed by atoms with Crippen LogP contribution in [0.15, 0.2) is 35.3 Å². The third-order valence-corrected chi connectivity index (χ3v) is 2.89. The molecule has 0 N–H and O–H groups in total. The second kappa shape index (κ2) is 5.69. The van der Waals surface area contributed by atoms with Gasteiger partial charge in [0.1, 0.15) is 5.69 Å². The molecule has 0 fully saturated rings. The van der Waals surface area contributed by atoms with Crippen LogP contribution in [0.5, 0.6) is 0 Å². The summed E-state index contributed by atoms with van der Waals surface area (Å²) in [5.74, 6) is 0. The van der Waals surface area contributed by atoms with Gasteiger partial charge in [-0.05, 0) is 25.1 Å². The van der Waals surface area contributed by atoms with E-state index in [0.717, 1.165) is 12.1 Å². The lowest BCUT2D eigenvalue weighted by Gasteiger charge is -2.12. The molecular weight excluding hydrogens is 285 g/mol. The van der Waals surface area contributed by atoms with E-state index in [1.807, 2.05) is 0 Å². The third-order valence-electron chi connectivity index (χ3n) is 2.89. The predicted molar refractivity (Wildman–Crippen MR) is 70.3 cm³/mol. The molecule has 0 bridgehead atoms. The SMILES string of the molecule is COCc1cn(-c2cccc(C(F)(F)F)c2)nc(C)c1=O. The van der Waals surface area contributed by atoms with Crippen molar-refractivity contribution in [1.82, 2.24) is 9.78 Å². The molecule has 1 aromatic carbocycles. The van der Waals surface area contributed by atoms with E-state index in [2.05, 4.69) is 5.10 Å². The zero-order chi connectivity index (χ0) is 15.6. The molecule has 1 heterocycles. The van der Waals surface area contributed by atoms with Crippen LogP contribution >= 0.6 is 0 Å². The Hall–Kier alpha value is -2.15. The topological polar surface area (TPSA) is 44.1 Å². The average Bonchev–Trinajstić information content (AvgIpc) is 2.43. The molecule has 0 amide bonds. The van der Waals surface area contributed by atoms with Gasteiger partial charge in [-0.3, -0.25) is 4.79 Å². The van der Waals surface area contributed by atoms with Gasteiger partial charge in [0.2, 0.25) is 5.43 Å². The van der Waals surface area contributed by atoms with Gasteiger partial charge in [0.05, 0.1) is 17.9 Å². The van der Waals surface area contributed by atoms with Gasteiger partial charge in [-0.2, -0.15) is 18.3 Å². The molecule has 1 aromatic heterocycles. The second-order valence-corrected chi connectivity index (χ2v) is 4.49. The Kier molecular flexibility index (Phi) is 4.13. The summed E-state index contributed by atoms with van der Waals surface area (Å²) in [5.41, 5.74) is -0.291. The minimum atomic E-state index is -4.43. The van der Waals surface area contributed by atoms with Gasteiger partial charge in [0.25, 0.3) is 0 Å². The van der Waals surface area contributed by atoms with Crippen LogP contribution in [0.3, 0.4) is 0 Å². The molecule has 4 nitrogen and oxygen atoms in total. The lowest BCUT2D eigenvalue weighted by Crippen LogP contribution is -2.19. The van der Waals surface area contributed by atoms with Crippen molar-refractivity contribution in [3.63, 3.8) is 0 Å². The number of aromatic nitrogens is 2. The Morgan fingerprint density at radius 1 is 1.33 bits per heavy atom. The van der Waals surface area contributed by atoms with E-state index in [0.29, 0.717) is 5.56 Å². The first-order valence-corrected chi connectivity index (χ1v) is 6.09. The molecule has 0 atom stereocenters. The number of methoxy groups -OCH3 is 1. The Bertz CT molecular complexity index is 708.